The molecule has 0 spiro atoms. The summed E-state index contributed by atoms with van der Waals surface area (Å²) in [6.45, 7) is 2.01. The third-order valence-corrected chi connectivity index (χ3v) is 6.86. The summed E-state index contributed by atoms with van der Waals surface area (Å²) in [4.78, 5) is 28.9. The number of anilines is 1. The zero-order valence-corrected chi connectivity index (χ0v) is 20.1. The van der Waals surface area contributed by atoms with Gasteiger partial charge in [-0.15, -0.1) is 0 Å². The first-order chi connectivity index (χ1) is 15.9. The summed E-state index contributed by atoms with van der Waals surface area (Å²) in [5.41, 5.74) is 3.41. The summed E-state index contributed by atoms with van der Waals surface area (Å²) in [7, 11) is 1.73. The second-order valence-electron chi connectivity index (χ2n) is 8.11. The first-order valence-electron chi connectivity index (χ1n) is 10.8. The van der Waals surface area contributed by atoms with Crippen LogP contribution in [0.2, 0.25) is 5.02 Å². The molecule has 1 aliphatic rings. The van der Waals surface area contributed by atoms with E-state index in [1.54, 1.807) is 24.1 Å². The molecule has 0 bridgehead atoms. The zero-order chi connectivity index (χ0) is 23.4. The van der Waals surface area contributed by atoms with E-state index < -0.39 is 0 Å². The molecule has 4 nitrogen and oxygen atoms in total. The summed E-state index contributed by atoms with van der Waals surface area (Å²) < 4.78 is 0. The highest BCUT2D eigenvalue weighted by molar-refractivity contribution is 8.04. The number of nitrogens with zero attached hydrogens (tertiary/aromatic N) is 1. The van der Waals surface area contributed by atoms with Gasteiger partial charge in [0.2, 0.25) is 0 Å². The number of aryl methyl sites for hydroxylation is 1. The van der Waals surface area contributed by atoms with E-state index in [2.05, 4.69) is 17.4 Å². The quantitative estimate of drug-likeness (QED) is 0.431. The Morgan fingerprint density at radius 1 is 1.09 bits per heavy atom. The average molecular weight is 477 g/mol. The number of nitrogens with one attached hydrogen (secondary N) is 1. The number of amides is 2. The largest absolute Gasteiger partial charge is 0.350 e. The Morgan fingerprint density at radius 2 is 1.88 bits per heavy atom. The Balaban J connectivity index is 1.46. The standard InChI is InChI=1S/C27H25ClN2O2S/c1-18(11-12-19-7-4-3-5-8-19)29-26(31)21-13-14-24-23(17-21)30(2)27(32)25(33-24)16-20-9-6-10-22(28)15-20/h3-10,13-18H,11-12H2,1-2H3,(H,29,31). The monoisotopic (exact) mass is 476 g/mol. The molecule has 2 amide bonds. The molecule has 1 unspecified atom stereocenters. The van der Waals surface area contributed by atoms with Crippen molar-refractivity contribution in [3.63, 3.8) is 0 Å². The van der Waals surface area contributed by atoms with Crippen molar-refractivity contribution in [2.45, 2.75) is 30.7 Å². The number of hydrogen-bond donors (Lipinski definition) is 1. The van der Waals surface area contributed by atoms with Gasteiger partial charge in [-0.3, -0.25) is 9.59 Å². The van der Waals surface area contributed by atoms with E-state index in [9.17, 15) is 9.59 Å². The summed E-state index contributed by atoms with van der Waals surface area (Å²) >= 11 is 7.48. The second kappa shape index (κ2) is 10.3. The molecule has 0 fully saturated rings. The van der Waals surface area contributed by atoms with Gasteiger partial charge >= 0.3 is 0 Å². The molecular weight excluding hydrogens is 452 g/mol. The molecular formula is C27H25ClN2O2S. The van der Waals surface area contributed by atoms with Crippen molar-refractivity contribution in [2.24, 2.45) is 0 Å². The van der Waals surface area contributed by atoms with Crippen molar-refractivity contribution in [1.29, 1.82) is 0 Å². The molecule has 0 aromatic heterocycles. The van der Waals surface area contributed by atoms with Crippen molar-refractivity contribution in [2.75, 3.05) is 11.9 Å². The van der Waals surface area contributed by atoms with Crippen LogP contribution in [-0.2, 0) is 11.2 Å². The normalized spacial score (nSPS) is 15.3. The smallest absolute Gasteiger partial charge is 0.264 e. The molecule has 3 aromatic rings. The lowest BCUT2D eigenvalue weighted by atomic mass is 10.1. The molecule has 6 heteroatoms. The topological polar surface area (TPSA) is 49.4 Å². The summed E-state index contributed by atoms with van der Waals surface area (Å²) in [6.07, 6.45) is 3.60. The molecule has 0 radical (unpaired) electrons. The number of hydrogen-bond acceptors (Lipinski definition) is 3. The lowest BCUT2D eigenvalue weighted by molar-refractivity contribution is -0.114. The predicted molar refractivity (Wildman–Crippen MR) is 137 cm³/mol. The van der Waals surface area contributed by atoms with E-state index in [1.165, 1.54) is 17.3 Å². The van der Waals surface area contributed by atoms with E-state index in [1.807, 2.05) is 61.5 Å². The maximum absolute atomic E-state index is 13.0. The number of halogens is 1. The molecule has 1 aliphatic heterocycles. The average Bonchev–Trinajstić information content (AvgIpc) is 2.81. The minimum atomic E-state index is -0.135. The third-order valence-electron chi connectivity index (χ3n) is 5.55. The van der Waals surface area contributed by atoms with Gasteiger partial charge in [0, 0.05) is 28.6 Å². The van der Waals surface area contributed by atoms with Gasteiger partial charge in [0.15, 0.2) is 0 Å². The van der Waals surface area contributed by atoms with Gasteiger partial charge < -0.3 is 10.2 Å². The molecule has 0 saturated carbocycles. The van der Waals surface area contributed by atoms with Gasteiger partial charge in [-0.05, 0) is 67.3 Å². The zero-order valence-electron chi connectivity index (χ0n) is 18.5. The Hall–Kier alpha value is -3.02. The number of thioether (sulfide) groups is 1. The van der Waals surface area contributed by atoms with Crippen LogP contribution in [0.25, 0.3) is 6.08 Å². The van der Waals surface area contributed by atoms with Crippen molar-refractivity contribution in [3.8, 4) is 0 Å². The van der Waals surface area contributed by atoms with E-state index in [-0.39, 0.29) is 17.9 Å². The Morgan fingerprint density at radius 3 is 2.64 bits per heavy atom. The Labute approximate surface area is 203 Å². The maximum atomic E-state index is 13.0. The van der Waals surface area contributed by atoms with Crippen LogP contribution in [0, 0.1) is 0 Å². The highest BCUT2D eigenvalue weighted by Crippen LogP contribution is 2.42. The summed E-state index contributed by atoms with van der Waals surface area (Å²) in [5, 5.41) is 3.70. The molecule has 168 valence electrons. The van der Waals surface area contributed by atoms with Crippen LogP contribution >= 0.6 is 23.4 Å². The number of carbonyl (C=O) groups is 2. The molecule has 4 rings (SSSR count). The summed E-state index contributed by atoms with van der Waals surface area (Å²) in [5.74, 6) is -0.245. The van der Waals surface area contributed by atoms with Gasteiger partial charge in [-0.25, -0.2) is 0 Å². The van der Waals surface area contributed by atoms with Gasteiger partial charge in [-0.1, -0.05) is 65.8 Å². The molecule has 1 atom stereocenters. The number of rotatable bonds is 6. The first kappa shape index (κ1) is 23.1. The van der Waals surface area contributed by atoms with Crippen LogP contribution < -0.4 is 10.2 Å². The highest BCUT2D eigenvalue weighted by atomic mass is 35.5. The van der Waals surface area contributed by atoms with Crippen LogP contribution in [0.15, 0.2) is 82.6 Å². The van der Waals surface area contributed by atoms with E-state index in [4.69, 9.17) is 11.6 Å². The number of benzene rings is 3. The van der Waals surface area contributed by atoms with Gasteiger partial charge in [-0.2, -0.15) is 0 Å². The predicted octanol–water partition coefficient (Wildman–Crippen LogP) is 6.20. The minimum Gasteiger partial charge on any atom is -0.350 e. The van der Waals surface area contributed by atoms with Crippen molar-refractivity contribution < 1.29 is 9.59 Å². The minimum absolute atomic E-state index is 0.0368. The molecule has 1 heterocycles. The van der Waals surface area contributed by atoms with E-state index in [0.29, 0.717) is 15.5 Å². The van der Waals surface area contributed by atoms with E-state index >= 15 is 0 Å². The third kappa shape index (κ3) is 5.67. The lowest BCUT2D eigenvalue weighted by Crippen LogP contribution is -2.34. The molecule has 33 heavy (non-hydrogen) atoms. The van der Waals surface area contributed by atoms with E-state index in [0.717, 1.165) is 29.0 Å². The van der Waals surface area contributed by atoms with Crippen molar-refractivity contribution in [3.05, 3.63) is 99.4 Å². The number of likely N-dealkylation sites (N-methyl/N-ethyl adjacent to an activating group) is 1. The first-order valence-corrected chi connectivity index (χ1v) is 12.0. The highest BCUT2D eigenvalue weighted by Gasteiger charge is 2.27. The van der Waals surface area contributed by atoms with Gasteiger partial charge in [0.1, 0.15) is 0 Å². The second-order valence-corrected chi connectivity index (χ2v) is 9.63. The van der Waals surface area contributed by atoms with Crippen LogP contribution in [-0.4, -0.2) is 24.9 Å². The fraction of sp³-hybridized carbons (Fsp3) is 0.185. The van der Waals surface area contributed by atoms with Crippen LogP contribution in [0.5, 0.6) is 0 Å². The Bertz CT molecular complexity index is 1210. The van der Waals surface area contributed by atoms with Crippen molar-refractivity contribution in [1.82, 2.24) is 5.32 Å². The molecule has 0 saturated heterocycles. The van der Waals surface area contributed by atoms with Gasteiger partial charge in [0.05, 0.1) is 10.6 Å². The fourth-order valence-corrected chi connectivity index (χ4v) is 4.98. The molecule has 3 aromatic carbocycles. The van der Waals surface area contributed by atoms with Crippen molar-refractivity contribution >= 4 is 46.9 Å². The number of carbonyl (C=O) groups excluding carboxylic acids is 2. The fourth-order valence-electron chi connectivity index (χ4n) is 3.69. The van der Waals surface area contributed by atoms with Crippen LogP contribution in [0.1, 0.15) is 34.8 Å². The van der Waals surface area contributed by atoms with Gasteiger partial charge in [0.25, 0.3) is 11.8 Å². The Kier molecular flexibility index (Phi) is 7.21. The summed E-state index contributed by atoms with van der Waals surface area (Å²) in [6, 6.07) is 23.2. The van der Waals surface area contributed by atoms with Crippen LogP contribution in [0.4, 0.5) is 5.69 Å². The SMILES string of the molecule is CC(CCc1ccccc1)NC(=O)c1ccc2c(c1)N(C)C(=O)C(=Cc1cccc(Cl)c1)S2. The lowest BCUT2D eigenvalue weighted by Gasteiger charge is -2.27. The van der Waals surface area contributed by atoms with Crippen LogP contribution in [0.3, 0.4) is 0 Å². The molecule has 0 aliphatic carbocycles. The molecule has 1 N–H and O–H groups in total. The maximum Gasteiger partial charge on any atom is 0.264 e. The number of fused-ring (bicyclic) bond motifs is 1.